The van der Waals surface area contributed by atoms with E-state index in [9.17, 15) is 4.79 Å². The van der Waals surface area contributed by atoms with E-state index in [0.29, 0.717) is 12.5 Å². The molecule has 0 spiro atoms. The van der Waals surface area contributed by atoms with E-state index in [1.165, 1.54) is 5.56 Å². The smallest absolute Gasteiger partial charge is 0.226 e. The van der Waals surface area contributed by atoms with Crippen LogP contribution in [0.25, 0.3) is 0 Å². The van der Waals surface area contributed by atoms with E-state index in [-0.39, 0.29) is 36.6 Å². The number of nitrogens with two attached hydrogens (primary N) is 1. The van der Waals surface area contributed by atoms with Crippen LogP contribution in [-0.2, 0) is 11.8 Å². The van der Waals surface area contributed by atoms with Gasteiger partial charge < -0.3 is 10.6 Å². The molecule has 1 aliphatic rings. The topological polar surface area (TPSA) is 64.2 Å². The number of aryl methyl sites for hydroxylation is 1. The summed E-state index contributed by atoms with van der Waals surface area (Å²) in [6.45, 7) is 3.95. The molecule has 19 heavy (non-hydrogen) atoms. The minimum absolute atomic E-state index is 0. The van der Waals surface area contributed by atoms with E-state index in [1.54, 1.807) is 0 Å². The Bertz CT molecular complexity index is 410. The van der Waals surface area contributed by atoms with Gasteiger partial charge in [0.1, 0.15) is 0 Å². The molecule has 1 amide bonds. The molecule has 110 valence electrons. The molecule has 2 heterocycles. The van der Waals surface area contributed by atoms with Crippen LogP contribution in [0.4, 0.5) is 0 Å². The van der Waals surface area contributed by atoms with Crippen molar-refractivity contribution in [2.75, 3.05) is 19.6 Å². The summed E-state index contributed by atoms with van der Waals surface area (Å²) < 4.78 is 1.81. The number of amides is 1. The van der Waals surface area contributed by atoms with Gasteiger partial charge in [0.25, 0.3) is 0 Å². The third-order valence-corrected chi connectivity index (χ3v) is 3.47. The molecule has 0 saturated carbocycles. The van der Waals surface area contributed by atoms with Gasteiger partial charge in [-0.2, -0.15) is 5.10 Å². The Kier molecular flexibility index (Phi) is 7.41. The van der Waals surface area contributed by atoms with E-state index in [0.717, 1.165) is 19.5 Å². The van der Waals surface area contributed by atoms with Crippen LogP contribution in [0.3, 0.4) is 0 Å². The third kappa shape index (κ3) is 4.09. The zero-order valence-electron chi connectivity index (χ0n) is 11.3. The third-order valence-electron chi connectivity index (χ3n) is 3.47. The van der Waals surface area contributed by atoms with Crippen LogP contribution in [0, 0.1) is 5.92 Å². The molecule has 1 saturated heterocycles. The molecule has 0 bridgehead atoms. The van der Waals surface area contributed by atoms with Crippen molar-refractivity contribution in [3.63, 3.8) is 0 Å². The number of rotatable bonds is 3. The fourth-order valence-corrected chi connectivity index (χ4v) is 2.30. The average Bonchev–Trinajstić information content (AvgIpc) is 2.95. The lowest BCUT2D eigenvalue weighted by atomic mass is 10.0. The highest BCUT2D eigenvalue weighted by Gasteiger charge is 2.29. The van der Waals surface area contributed by atoms with Crippen LogP contribution in [-0.4, -0.2) is 40.2 Å². The summed E-state index contributed by atoms with van der Waals surface area (Å²) >= 11 is 0. The fourth-order valence-electron chi connectivity index (χ4n) is 2.30. The SMILES string of the molecule is CC(CN)C(=O)N1CCC(c2cnn(C)c2)C1.Cl.Cl. The maximum atomic E-state index is 12.0. The summed E-state index contributed by atoms with van der Waals surface area (Å²) in [6.07, 6.45) is 4.95. The fraction of sp³-hybridized carbons (Fsp3) is 0.667. The normalized spacial score (nSPS) is 19.5. The molecule has 1 fully saturated rings. The molecule has 1 aromatic rings. The number of carbonyl (C=O) groups is 1. The Morgan fingerprint density at radius 2 is 2.26 bits per heavy atom. The summed E-state index contributed by atoms with van der Waals surface area (Å²) in [5.74, 6) is 0.541. The lowest BCUT2D eigenvalue weighted by Gasteiger charge is -2.19. The largest absolute Gasteiger partial charge is 0.342 e. The highest BCUT2D eigenvalue weighted by atomic mass is 35.5. The molecule has 2 rings (SSSR count). The van der Waals surface area contributed by atoms with Gasteiger partial charge in [0.15, 0.2) is 0 Å². The Hall–Kier alpha value is -0.780. The van der Waals surface area contributed by atoms with E-state index >= 15 is 0 Å². The number of carbonyl (C=O) groups excluding carboxylic acids is 1. The zero-order chi connectivity index (χ0) is 12.4. The molecule has 1 aliphatic heterocycles. The molecule has 2 unspecified atom stereocenters. The van der Waals surface area contributed by atoms with Gasteiger partial charge in [0.2, 0.25) is 5.91 Å². The molecule has 2 N–H and O–H groups in total. The lowest BCUT2D eigenvalue weighted by Crippen LogP contribution is -2.36. The van der Waals surface area contributed by atoms with Crippen molar-refractivity contribution in [2.24, 2.45) is 18.7 Å². The second-order valence-electron chi connectivity index (χ2n) is 4.85. The highest BCUT2D eigenvalue weighted by molar-refractivity contribution is 5.85. The molecular formula is C12H22Cl2N4O. The first-order chi connectivity index (χ1) is 8.11. The quantitative estimate of drug-likeness (QED) is 0.912. The highest BCUT2D eigenvalue weighted by Crippen LogP contribution is 2.27. The van der Waals surface area contributed by atoms with Gasteiger partial charge in [-0.05, 0) is 12.0 Å². The number of halogens is 2. The van der Waals surface area contributed by atoms with Gasteiger partial charge in [0.05, 0.1) is 6.20 Å². The molecule has 0 radical (unpaired) electrons. The summed E-state index contributed by atoms with van der Waals surface area (Å²) in [5.41, 5.74) is 6.75. The predicted molar refractivity (Wildman–Crippen MR) is 79.9 cm³/mol. The summed E-state index contributed by atoms with van der Waals surface area (Å²) in [7, 11) is 1.91. The Balaban J connectivity index is 0.00000162. The molecular weight excluding hydrogens is 287 g/mol. The molecule has 0 aliphatic carbocycles. The minimum Gasteiger partial charge on any atom is -0.342 e. The maximum absolute atomic E-state index is 12.0. The van der Waals surface area contributed by atoms with Crippen molar-refractivity contribution in [1.82, 2.24) is 14.7 Å². The van der Waals surface area contributed by atoms with Crippen LogP contribution >= 0.6 is 24.8 Å². The van der Waals surface area contributed by atoms with Crippen molar-refractivity contribution in [1.29, 1.82) is 0 Å². The number of likely N-dealkylation sites (tertiary alicyclic amines) is 1. The Labute approximate surface area is 126 Å². The Morgan fingerprint density at radius 1 is 1.58 bits per heavy atom. The zero-order valence-corrected chi connectivity index (χ0v) is 12.9. The van der Waals surface area contributed by atoms with Crippen molar-refractivity contribution in [3.8, 4) is 0 Å². The van der Waals surface area contributed by atoms with Crippen molar-refractivity contribution < 1.29 is 4.79 Å². The first-order valence-electron chi connectivity index (χ1n) is 6.09. The van der Waals surface area contributed by atoms with E-state index in [1.807, 2.05) is 35.9 Å². The summed E-state index contributed by atoms with van der Waals surface area (Å²) in [5, 5.41) is 4.18. The maximum Gasteiger partial charge on any atom is 0.226 e. The van der Waals surface area contributed by atoms with Crippen LogP contribution in [0.5, 0.6) is 0 Å². The second kappa shape index (κ2) is 7.72. The van der Waals surface area contributed by atoms with Gasteiger partial charge >= 0.3 is 0 Å². The van der Waals surface area contributed by atoms with Crippen molar-refractivity contribution in [2.45, 2.75) is 19.3 Å². The molecule has 2 atom stereocenters. The second-order valence-corrected chi connectivity index (χ2v) is 4.85. The lowest BCUT2D eigenvalue weighted by molar-refractivity contribution is -0.133. The average molecular weight is 309 g/mol. The first-order valence-corrected chi connectivity index (χ1v) is 6.09. The molecule has 0 aromatic carbocycles. The van der Waals surface area contributed by atoms with Crippen molar-refractivity contribution >= 4 is 30.7 Å². The number of aromatic nitrogens is 2. The van der Waals surface area contributed by atoms with Gasteiger partial charge in [0, 0.05) is 44.7 Å². The minimum atomic E-state index is -0.0670. The summed E-state index contributed by atoms with van der Waals surface area (Å²) in [6, 6.07) is 0. The summed E-state index contributed by atoms with van der Waals surface area (Å²) in [4.78, 5) is 13.9. The number of nitrogens with zero attached hydrogens (tertiary/aromatic N) is 3. The van der Waals surface area contributed by atoms with Gasteiger partial charge in [-0.15, -0.1) is 24.8 Å². The Morgan fingerprint density at radius 3 is 2.79 bits per heavy atom. The van der Waals surface area contributed by atoms with Gasteiger partial charge in [-0.3, -0.25) is 9.48 Å². The van der Waals surface area contributed by atoms with E-state index in [4.69, 9.17) is 5.73 Å². The standard InChI is InChI=1S/C12H20N4O.2ClH/c1-9(5-13)12(17)16-4-3-10(8-16)11-6-14-15(2)7-11;;/h6-7,9-10H,3-5,8,13H2,1-2H3;2*1H. The van der Waals surface area contributed by atoms with Crippen LogP contribution in [0.2, 0.25) is 0 Å². The van der Waals surface area contributed by atoms with Crippen LogP contribution < -0.4 is 5.73 Å². The number of hydrogen-bond donors (Lipinski definition) is 1. The molecule has 7 heteroatoms. The monoisotopic (exact) mass is 308 g/mol. The number of hydrogen-bond acceptors (Lipinski definition) is 3. The molecule has 1 aromatic heterocycles. The predicted octanol–water partition coefficient (Wildman–Crippen LogP) is 1.17. The van der Waals surface area contributed by atoms with Crippen molar-refractivity contribution in [3.05, 3.63) is 18.0 Å². The first kappa shape index (κ1) is 18.2. The van der Waals surface area contributed by atoms with Crippen LogP contribution in [0.15, 0.2) is 12.4 Å². The molecule has 5 nitrogen and oxygen atoms in total. The van der Waals surface area contributed by atoms with Gasteiger partial charge in [-0.25, -0.2) is 0 Å². The van der Waals surface area contributed by atoms with E-state index in [2.05, 4.69) is 5.10 Å². The van der Waals surface area contributed by atoms with Crippen LogP contribution in [0.1, 0.15) is 24.8 Å². The van der Waals surface area contributed by atoms with E-state index < -0.39 is 0 Å². The van der Waals surface area contributed by atoms with Gasteiger partial charge in [-0.1, -0.05) is 6.92 Å².